The van der Waals surface area contributed by atoms with Crippen molar-refractivity contribution in [3.63, 3.8) is 0 Å². The molecule has 1 aliphatic carbocycles. The van der Waals surface area contributed by atoms with E-state index >= 15 is 0 Å². The Bertz CT molecular complexity index is 581. The highest BCUT2D eigenvalue weighted by Crippen LogP contribution is 2.18. The molecule has 6 heteroatoms. The van der Waals surface area contributed by atoms with Crippen LogP contribution in [0.15, 0.2) is 29.3 Å². The van der Waals surface area contributed by atoms with Crippen molar-refractivity contribution in [3.8, 4) is 0 Å². The molecule has 1 aromatic carbocycles. The predicted octanol–water partition coefficient (Wildman–Crippen LogP) is 1.45. The van der Waals surface area contributed by atoms with Gasteiger partial charge in [-0.25, -0.2) is 0 Å². The normalized spacial score (nSPS) is 20.8. The Morgan fingerprint density at radius 3 is 2.72 bits per heavy atom. The number of carbonyl (C=O) groups excluding carboxylic acids is 1. The van der Waals surface area contributed by atoms with Crippen LogP contribution >= 0.6 is 0 Å². The summed E-state index contributed by atoms with van der Waals surface area (Å²) in [7, 11) is 1.64. The minimum absolute atomic E-state index is 0.0696. The fourth-order valence-electron chi connectivity index (χ4n) is 3.04. The maximum Gasteiger partial charge on any atom is 0.251 e. The summed E-state index contributed by atoms with van der Waals surface area (Å²) in [6.07, 6.45) is 4.28. The lowest BCUT2D eigenvalue weighted by Gasteiger charge is -2.27. The maximum absolute atomic E-state index is 11.7. The highest BCUT2D eigenvalue weighted by Gasteiger charge is 2.19. The van der Waals surface area contributed by atoms with Gasteiger partial charge in [0.05, 0.1) is 6.10 Å². The lowest BCUT2D eigenvalue weighted by molar-refractivity contribution is 0.0963. The van der Waals surface area contributed by atoms with Gasteiger partial charge in [-0.2, -0.15) is 0 Å². The number of hydrogen-bond donors (Lipinski definition) is 4. The number of aliphatic imine (C=N–C) groups is 1. The van der Waals surface area contributed by atoms with Crippen molar-refractivity contribution in [2.24, 2.45) is 4.99 Å². The molecule has 1 saturated carbocycles. The van der Waals surface area contributed by atoms with E-state index in [4.69, 9.17) is 0 Å². The molecule has 138 valence electrons. The fraction of sp³-hybridized carbons (Fsp3) is 0.579. The summed E-state index contributed by atoms with van der Waals surface area (Å²) in [5.74, 6) is 0.756. The Kier molecular flexibility index (Phi) is 7.73. The van der Waals surface area contributed by atoms with Crippen LogP contribution in [-0.2, 0) is 6.42 Å². The molecule has 0 aliphatic heterocycles. The molecule has 25 heavy (non-hydrogen) atoms. The number of carbonyl (C=O) groups is 1. The van der Waals surface area contributed by atoms with Gasteiger partial charge in [0.25, 0.3) is 5.91 Å². The molecular formula is C19H30N4O2. The van der Waals surface area contributed by atoms with Gasteiger partial charge in [-0.3, -0.25) is 9.79 Å². The standard InChI is InChI=1S/C19H30N4O2/c1-3-21-19(23-16-7-9-17(24)10-8-16)22-12-11-14-5-4-6-15(13-14)18(25)20-2/h4-6,13,16-17,24H,3,7-12H2,1-2H3,(H,20,25)(H2,21,22,23). The summed E-state index contributed by atoms with van der Waals surface area (Å²) in [6.45, 7) is 3.52. The van der Waals surface area contributed by atoms with Crippen LogP contribution in [0.25, 0.3) is 0 Å². The summed E-state index contributed by atoms with van der Waals surface area (Å²) in [4.78, 5) is 16.3. The maximum atomic E-state index is 11.7. The highest BCUT2D eigenvalue weighted by molar-refractivity contribution is 5.94. The smallest absolute Gasteiger partial charge is 0.251 e. The van der Waals surface area contributed by atoms with Crippen LogP contribution in [0.1, 0.15) is 48.5 Å². The van der Waals surface area contributed by atoms with Crippen LogP contribution in [0, 0.1) is 0 Å². The molecule has 0 unspecified atom stereocenters. The van der Waals surface area contributed by atoms with Crippen molar-refractivity contribution in [2.45, 2.75) is 51.2 Å². The lowest BCUT2D eigenvalue weighted by atomic mass is 9.93. The highest BCUT2D eigenvalue weighted by atomic mass is 16.3. The van der Waals surface area contributed by atoms with Crippen LogP contribution in [0.3, 0.4) is 0 Å². The average molecular weight is 346 g/mol. The Hall–Kier alpha value is -2.08. The van der Waals surface area contributed by atoms with Crippen molar-refractivity contribution in [1.29, 1.82) is 0 Å². The van der Waals surface area contributed by atoms with Crippen molar-refractivity contribution < 1.29 is 9.90 Å². The molecule has 0 saturated heterocycles. The van der Waals surface area contributed by atoms with E-state index in [1.54, 1.807) is 7.05 Å². The van der Waals surface area contributed by atoms with Crippen molar-refractivity contribution in [1.82, 2.24) is 16.0 Å². The minimum atomic E-state index is -0.148. The molecule has 0 heterocycles. The van der Waals surface area contributed by atoms with Gasteiger partial charge in [0.15, 0.2) is 5.96 Å². The van der Waals surface area contributed by atoms with Gasteiger partial charge in [0, 0.05) is 31.7 Å². The quantitative estimate of drug-likeness (QED) is 0.464. The van der Waals surface area contributed by atoms with E-state index in [0.29, 0.717) is 18.2 Å². The van der Waals surface area contributed by atoms with Gasteiger partial charge >= 0.3 is 0 Å². The third kappa shape index (κ3) is 6.38. The zero-order valence-electron chi connectivity index (χ0n) is 15.2. The topological polar surface area (TPSA) is 85.8 Å². The number of aliphatic hydroxyl groups excluding tert-OH is 1. The molecule has 1 amide bonds. The molecule has 1 aliphatic rings. The van der Waals surface area contributed by atoms with Crippen molar-refractivity contribution >= 4 is 11.9 Å². The fourth-order valence-corrected chi connectivity index (χ4v) is 3.04. The summed E-state index contributed by atoms with van der Waals surface area (Å²) in [5.41, 5.74) is 1.77. The van der Waals surface area contributed by atoms with Crippen LogP contribution in [-0.4, -0.2) is 49.3 Å². The number of aliphatic hydroxyl groups is 1. The van der Waals surface area contributed by atoms with Crippen LogP contribution < -0.4 is 16.0 Å². The van der Waals surface area contributed by atoms with Crippen molar-refractivity contribution in [3.05, 3.63) is 35.4 Å². The monoisotopic (exact) mass is 346 g/mol. The summed E-state index contributed by atoms with van der Waals surface area (Å²) in [5, 5.41) is 19.0. The first-order valence-electron chi connectivity index (χ1n) is 9.16. The molecule has 0 bridgehead atoms. The van der Waals surface area contributed by atoms with Gasteiger partial charge in [-0.05, 0) is 56.7 Å². The molecular weight excluding hydrogens is 316 g/mol. The largest absolute Gasteiger partial charge is 0.393 e. The third-order valence-corrected chi connectivity index (χ3v) is 4.47. The van der Waals surface area contributed by atoms with Crippen LogP contribution in [0.5, 0.6) is 0 Å². The number of amides is 1. The average Bonchev–Trinajstić information content (AvgIpc) is 2.63. The Labute approximate surface area is 150 Å². The van der Waals surface area contributed by atoms with Gasteiger partial charge in [0.2, 0.25) is 0 Å². The van der Waals surface area contributed by atoms with Crippen LogP contribution in [0.4, 0.5) is 0 Å². The lowest BCUT2D eigenvalue weighted by Crippen LogP contribution is -2.45. The second-order valence-electron chi connectivity index (χ2n) is 6.44. The second-order valence-corrected chi connectivity index (χ2v) is 6.44. The number of nitrogens with zero attached hydrogens (tertiary/aromatic N) is 1. The number of rotatable bonds is 6. The molecule has 1 fully saturated rings. The van der Waals surface area contributed by atoms with E-state index < -0.39 is 0 Å². The summed E-state index contributed by atoms with van der Waals surface area (Å²) < 4.78 is 0. The first-order valence-corrected chi connectivity index (χ1v) is 9.16. The second kappa shape index (κ2) is 10.0. The molecule has 2 rings (SSSR count). The van der Waals surface area contributed by atoms with Gasteiger partial charge in [-0.1, -0.05) is 12.1 Å². The van der Waals surface area contributed by atoms with E-state index in [0.717, 1.165) is 50.2 Å². The van der Waals surface area contributed by atoms with E-state index in [1.807, 2.05) is 24.3 Å². The molecule has 1 aromatic rings. The molecule has 0 aromatic heterocycles. The Balaban J connectivity index is 1.89. The molecule has 0 radical (unpaired) electrons. The van der Waals surface area contributed by atoms with E-state index in [-0.39, 0.29) is 12.0 Å². The Morgan fingerprint density at radius 1 is 1.28 bits per heavy atom. The number of hydrogen-bond acceptors (Lipinski definition) is 3. The number of benzene rings is 1. The Morgan fingerprint density at radius 2 is 2.04 bits per heavy atom. The van der Waals surface area contributed by atoms with Crippen molar-refractivity contribution in [2.75, 3.05) is 20.1 Å². The number of guanidine groups is 1. The van der Waals surface area contributed by atoms with E-state index in [9.17, 15) is 9.90 Å². The minimum Gasteiger partial charge on any atom is -0.393 e. The molecule has 4 N–H and O–H groups in total. The zero-order valence-corrected chi connectivity index (χ0v) is 15.2. The zero-order chi connectivity index (χ0) is 18.1. The first kappa shape index (κ1) is 19.2. The summed E-state index contributed by atoms with van der Waals surface area (Å²) in [6, 6.07) is 8.02. The SMILES string of the molecule is CCNC(=NCCc1cccc(C(=O)NC)c1)NC1CCC(O)CC1. The van der Waals surface area contributed by atoms with Gasteiger partial charge < -0.3 is 21.1 Å². The van der Waals surface area contributed by atoms with E-state index in [1.165, 1.54) is 0 Å². The molecule has 0 atom stereocenters. The third-order valence-electron chi connectivity index (χ3n) is 4.47. The first-order chi connectivity index (χ1) is 12.1. The van der Waals surface area contributed by atoms with Gasteiger partial charge in [0.1, 0.15) is 0 Å². The summed E-state index contributed by atoms with van der Waals surface area (Å²) >= 11 is 0. The molecule has 0 spiro atoms. The van der Waals surface area contributed by atoms with Gasteiger partial charge in [-0.15, -0.1) is 0 Å². The van der Waals surface area contributed by atoms with Crippen LogP contribution in [0.2, 0.25) is 0 Å². The number of nitrogens with one attached hydrogen (secondary N) is 3. The predicted molar refractivity (Wildman–Crippen MR) is 101 cm³/mol. The van der Waals surface area contributed by atoms with E-state index in [2.05, 4.69) is 27.9 Å². The molecule has 6 nitrogen and oxygen atoms in total.